The van der Waals surface area contributed by atoms with Crippen LogP contribution in [0.25, 0.3) is 0 Å². The van der Waals surface area contributed by atoms with Gasteiger partial charge < -0.3 is 10.4 Å². The van der Waals surface area contributed by atoms with E-state index in [1.54, 1.807) is 0 Å². The van der Waals surface area contributed by atoms with Crippen molar-refractivity contribution in [1.82, 2.24) is 5.32 Å². The van der Waals surface area contributed by atoms with Crippen molar-refractivity contribution in [3.63, 3.8) is 0 Å². The number of aliphatic hydroxyl groups is 1. The molecule has 2 N–H and O–H groups in total. The molecule has 1 heterocycles. The van der Waals surface area contributed by atoms with Crippen molar-refractivity contribution in [1.29, 1.82) is 0 Å². The van der Waals surface area contributed by atoms with E-state index < -0.39 is 0 Å². The molecule has 1 spiro atoms. The summed E-state index contributed by atoms with van der Waals surface area (Å²) in [6, 6.07) is 0. The summed E-state index contributed by atoms with van der Waals surface area (Å²) in [7, 11) is 0. The Morgan fingerprint density at radius 1 is 1.18 bits per heavy atom. The molecule has 0 aromatic rings. The lowest BCUT2D eigenvalue weighted by Crippen LogP contribution is -2.54. The first-order chi connectivity index (χ1) is 5.12. The van der Waals surface area contributed by atoms with Crippen LogP contribution in [0.5, 0.6) is 0 Å². The van der Waals surface area contributed by atoms with Crippen molar-refractivity contribution in [2.45, 2.75) is 38.2 Å². The summed E-state index contributed by atoms with van der Waals surface area (Å²) in [6.07, 6.45) is 4.59. The second kappa shape index (κ2) is 2.20. The van der Waals surface area contributed by atoms with E-state index in [9.17, 15) is 5.11 Å². The molecule has 2 heteroatoms. The molecule has 64 valence electrons. The van der Waals surface area contributed by atoms with Crippen LogP contribution in [-0.2, 0) is 0 Å². The van der Waals surface area contributed by atoms with E-state index in [1.807, 2.05) is 6.92 Å². The fourth-order valence-corrected chi connectivity index (χ4v) is 2.87. The van der Waals surface area contributed by atoms with Crippen molar-refractivity contribution in [3.8, 4) is 0 Å². The number of nitrogens with one attached hydrogen (secondary N) is 1. The fourth-order valence-electron chi connectivity index (χ4n) is 2.87. The lowest BCUT2D eigenvalue weighted by molar-refractivity contribution is -0.126. The molecule has 0 aromatic heterocycles. The molecule has 1 saturated heterocycles. The molecule has 0 radical (unpaired) electrons. The molecule has 0 bridgehead atoms. The van der Waals surface area contributed by atoms with Crippen molar-refractivity contribution in [2.75, 3.05) is 13.1 Å². The molecule has 2 aliphatic rings. The molecule has 0 atom stereocenters. The van der Waals surface area contributed by atoms with Gasteiger partial charge >= 0.3 is 0 Å². The Balaban J connectivity index is 1.94. The summed E-state index contributed by atoms with van der Waals surface area (Å²) in [5.74, 6) is 0. The molecule has 2 nitrogen and oxygen atoms in total. The topological polar surface area (TPSA) is 32.3 Å². The van der Waals surface area contributed by atoms with Crippen molar-refractivity contribution < 1.29 is 5.11 Å². The Bertz CT molecular complexity index is 149. The SMILES string of the molecule is CC1(O)CC2(CCNCC2)C1. The fraction of sp³-hybridized carbons (Fsp3) is 1.00. The average Bonchev–Trinajstić information content (AvgIpc) is 1.85. The van der Waals surface area contributed by atoms with Gasteiger partial charge in [0.1, 0.15) is 0 Å². The van der Waals surface area contributed by atoms with Crippen LogP contribution in [0.4, 0.5) is 0 Å². The van der Waals surface area contributed by atoms with Gasteiger partial charge in [-0.05, 0) is 51.1 Å². The van der Waals surface area contributed by atoms with Crippen molar-refractivity contribution >= 4 is 0 Å². The Morgan fingerprint density at radius 3 is 2.18 bits per heavy atom. The van der Waals surface area contributed by atoms with Crippen molar-refractivity contribution in [2.24, 2.45) is 5.41 Å². The van der Waals surface area contributed by atoms with Gasteiger partial charge in [-0.25, -0.2) is 0 Å². The van der Waals surface area contributed by atoms with E-state index in [0.717, 1.165) is 25.9 Å². The molecule has 1 aliphatic heterocycles. The first-order valence-electron chi connectivity index (χ1n) is 4.55. The van der Waals surface area contributed by atoms with Crippen LogP contribution in [-0.4, -0.2) is 23.8 Å². The zero-order valence-corrected chi connectivity index (χ0v) is 7.19. The summed E-state index contributed by atoms with van der Waals surface area (Å²) in [6.45, 7) is 4.26. The van der Waals surface area contributed by atoms with E-state index in [-0.39, 0.29) is 5.60 Å². The first-order valence-corrected chi connectivity index (χ1v) is 4.55. The lowest BCUT2D eigenvalue weighted by atomic mass is 9.56. The summed E-state index contributed by atoms with van der Waals surface area (Å²) in [5, 5.41) is 13.0. The third-order valence-electron chi connectivity index (χ3n) is 3.18. The summed E-state index contributed by atoms with van der Waals surface area (Å²) < 4.78 is 0. The minimum atomic E-state index is -0.336. The maximum Gasteiger partial charge on any atom is 0.0630 e. The molecular weight excluding hydrogens is 138 g/mol. The van der Waals surface area contributed by atoms with Gasteiger partial charge in [0.15, 0.2) is 0 Å². The third kappa shape index (κ3) is 1.30. The van der Waals surface area contributed by atoms with Gasteiger partial charge in [0, 0.05) is 0 Å². The van der Waals surface area contributed by atoms with Crippen LogP contribution in [0.15, 0.2) is 0 Å². The molecule has 2 fully saturated rings. The zero-order valence-electron chi connectivity index (χ0n) is 7.19. The summed E-state index contributed by atoms with van der Waals surface area (Å²) in [4.78, 5) is 0. The average molecular weight is 155 g/mol. The van der Waals surface area contributed by atoms with Gasteiger partial charge in [-0.15, -0.1) is 0 Å². The molecule has 0 aromatic carbocycles. The number of rotatable bonds is 0. The lowest BCUT2D eigenvalue weighted by Gasteiger charge is -2.54. The standard InChI is InChI=1S/C9H17NO/c1-8(11)6-9(7-8)2-4-10-5-3-9/h10-11H,2-7H2,1H3. The highest BCUT2D eigenvalue weighted by atomic mass is 16.3. The number of hydrogen-bond donors (Lipinski definition) is 2. The van der Waals surface area contributed by atoms with Crippen LogP contribution < -0.4 is 5.32 Å². The van der Waals surface area contributed by atoms with E-state index in [1.165, 1.54) is 12.8 Å². The van der Waals surface area contributed by atoms with Gasteiger partial charge in [0.05, 0.1) is 5.60 Å². The second-order valence-electron chi connectivity index (χ2n) is 4.60. The van der Waals surface area contributed by atoms with Gasteiger partial charge in [-0.3, -0.25) is 0 Å². The van der Waals surface area contributed by atoms with Crippen LogP contribution in [0.3, 0.4) is 0 Å². The predicted octanol–water partition coefficient (Wildman–Crippen LogP) is 0.901. The van der Waals surface area contributed by atoms with E-state index in [0.29, 0.717) is 5.41 Å². The largest absolute Gasteiger partial charge is 0.390 e. The molecule has 0 amide bonds. The minimum Gasteiger partial charge on any atom is -0.390 e. The summed E-state index contributed by atoms with van der Waals surface area (Å²) >= 11 is 0. The van der Waals surface area contributed by atoms with Gasteiger partial charge in [-0.1, -0.05) is 0 Å². The van der Waals surface area contributed by atoms with Crippen molar-refractivity contribution in [3.05, 3.63) is 0 Å². The molecular formula is C9H17NO. The Labute approximate surface area is 68.0 Å². The van der Waals surface area contributed by atoms with Gasteiger partial charge in [-0.2, -0.15) is 0 Å². The highest BCUT2D eigenvalue weighted by Crippen LogP contribution is 2.53. The Hall–Kier alpha value is -0.0800. The monoisotopic (exact) mass is 155 g/mol. The molecule has 11 heavy (non-hydrogen) atoms. The predicted molar refractivity (Wildman–Crippen MR) is 44.4 cm³/mol. The zero-order chi connectivity index (χ0) is 7.95. The van der Waals surface area contributed by atoms with E-state index >= 15 is 0 Å². The Kier molecular flexibility index (Phi) is 1.52. The summed E-state index contributed by atoms with van der Waals surface area (Å²) in [5.41, 5.74) is 0.187. The second-order valence-corrected chi connectivity index (χ2v) is 4.60. The maximum absolute atomic E-state index is 9.61. The van der Waals surface area contributed by atoms with Gasteiger partial charge in [0.25, 0.3) is 0 Å². The molecule has 1 saturated carbocycles. The molecule has 2 rings (SSSR count). The minimum absolute atomic E-state index is 0.336. The number of piperidine rings is 1. The van der Waals surface area contributed by atoms with Crippen LogP contribution in [0.2, 0.25) is 0 Å². The van der Waals surface area contributed by atoms with Crippen LogP contribution in [0, 0.1) is 5.41 Å². The number of hydrogen-bond acceptors (Lipinski definition) is 2. The quantitative estimate of drug-likeness (QED) is 0.545. The highest BCUT2D eigenvalue weighted by Gasteiger charge is 2.50. The maximum atomic E-state index is 9.61. The normalized spacial score (nSPS) is 33.3. The highest BCUT2D eigenvalue weighted by molar-refractivity contribution is 5.03. The molecule has 0 unspecified atom stereocenters. The van der Waals surface area contributed by atoms with E-state index in [4.69, 9.17) is 0 Å². The smallest absolute Gasteiger partial charge is 0.0630 e. The van der Waals surface area contributed by atoms with E-state index in [2.05, 4.69) is 5.32 Å². The van der Waals surface area contributed by atoms with Gasteiger partial charge in [0.2, 0.25) is 0 Å². The van der Waals surface area contributed by atoms with Crippen LogP contribution in [0.1, 0.15) is 32.6 Å². The molecule has 1 aliphatic carbocycles. The Morgan fingerprint density at radius 2 is 1.73 bits per heavy atom. The first kappa shape index (κ1) is 7.56. The third-order valence-corrected chi connectivity index (χ3v) is 3.18. The van der Waals surface area contributed by atoms with Crippen LogP contribution >= 0.6 is 0 Å².